The van der Waals surface area contributed by atoms with Crippen LogP contribution in [0.15, 0.2) is 53.0 Å². The number of carbonyl (C=O) groups excluding carboxylic acids is 1. The number of nitrogens with zero attached hydrogens (tertiary/aromatic N) is 1. The number of halogens is 2. The van der Waals surface area contributed by atoms with Crippen molar-refractivity contribution in [2.24, 2.45) is 0 Å². The van der Waals surface area contributed by atoms with Gasteiger partial charge in [0.25, 0.3) is 0 Å². The summed E-state index contributed by atoms with van der Waals surface area (Å²) in [6, 6.07) is 14.8. The lowest BCUT2D eigenvalue weighted by Crippen LogP contribution is -2.37. The third-order valence-electron chi connectivity index (χ3n) is 4.33. The van der Waals surface area contributed by atoms with E-state index in [1.807, 2.05) is 17.0 Å². The molecule has 1 atom stereocenters. The van der Waals surface area contributed by atoms with E-state index < -0.39 is 0 Å². The van der Waals surface area contributed by atoms with E-state index in [0.29, 0.717) is 0 Å². The number of benzene rings is 2. The van der Waals surface area contributed by atoms with E-state index in [1.54, 1.807) is 12.1 Å². The van der Waals surface area contributed by atoms with Gasteiger partial charge in [-0.15, -0.1) is 0 Å². The number of carbonyl (C=O) groups is 1. The Labute approximate surface area is 144 Å². The van der Waals surface area contributed by atoms with E-state index in [1.165, 1.54) is 17.7 Å². The van der Waals surface area contributed by atoms with Gasteiger partial charge >= 0.3 is 0 Å². The fourth-order valence-electron chi connectivity index (χ4n) is 3.19. The molecule has 0 radical (unpaired) electrons. The largest absolute Gasteiger partial charge is 0.339 e. The second kappa shape index (κ2) is 7.26. The maximum atomic E-state index is 13.3. The molecule has 1 amide bonds. The summed E-state index contributed by atoms with van der Waals surface area (Å²) in [6.45, 7) is 0.801. The van der Waals surface area contributed by atoms with Gasteiger partial charge in [0.15, 0.2) is 0 Å². The zero-order valence-corrected chi connectivity index (χ0v) is 14.4. The Morgan fingerprint density at radius 3 is 2.70 bits per heavy atom. The first kappa shape index (κ1) is 16.2. The van der Waals surface area contributed by atoms with E-state index in [4.69, 9.17) is 0 Å². The Kier molecular flexibility index (Phi) is 5.11. The summed E-state index contributed by atoms with van der Waals surface area (Å²) >= 11 is 3.44. The SMILES string of the molecule is O=C(Cc1cccc(F)c1)N1CCC[C@H]1Cc1ccc(Br)cc1. The Morgan fingerprint density at radius 1 is 1.17 bits per heavy atom. The monoisotopic (exact) mass is 375 g/mol. The van der Waals surface area contributed by atoms with Crippen LogP contribution >= 0.6 is 15.9 Å². The zero-order chi connectivity index (χ0) is 16.2. The van der Waals surface area contributed by atoms with E-state index in [2.05, 4.69) is 28.1 Å². The minimum absolute atomic E-state index is 0.0928. The van der Waals surface area contributed by atoms with Gasteiger partial charge in [-0.2, -0.15) is 0 Å². The summed E-state index contributed by atoms with van der Waals surface area (Å²) in [7, 11) is 0. The van der Waals surface area contributed by atoms with Crippen LogP contribution in [0.25, 0.3) is 0 Å². The van der Waals surface area contributed by atoms with Crippen LogP contribution < -0.4 is 0 Å². The molecule has 0 saturated carbocycles. The highest BCUT2D eigenvalue weighted by Gasteiger charge is 2.28. The van der Waals surface area contributed by atoms with E-state index in [-0.39, 0.29) is 24.2 Å². The fraction of sp³-hybridized carbons (Fsp3) is 0.316. The molecule has 1 aliphatic rings. The first-order valence-electron chi connectivity index (χ1n) is 7.90. The van der Waals surface area contributed by atoms with Crippen molar-refractivity contribution < 1.29 is 9.18 Å². The Morgan fingerprint density at radius 2 is 1.96 bits per heavy atom. The molecule has 4 heteroatoms. The molecule has 1 aliphatic heterocycles. The molecular formula is C19H19BrFNO. The summed E-state index contributed by atoms with van der Waals surface area (Å²) in [5.41, 5.74) is 1.98. The first-order valence-corrected chi connectivity index (χ1v) is 8.69. The minimum Gasteiger partial charge on any atom is -0.339 e. The van der Waals surface area contributed by atoms with E-state index >= 15 is 0 Å². The zero-order valence-electron chi connectivity index (χ0n) is 12.8. The summed E-state index contributed by atoms with van der Waals surface area (Å²) in [5, 5.41) is 0. The van der Waals surface area contributed by atoms with Gasteiger partial charge in [-0.1, -0.05) is 40.2 Å². The Balaban J connectivity index is 1.66. The molecule has 1 heterocycles. The third-order valence-corrected chi connectivity index (χ3v) is 4.86. The van der Waals surface area contributed by atoms with Crippen LogP contribution in [-0.4, -0.2) is 23.4 Å². The lowest BCUT2D eigenvalue weighted by molar-refractivity contribution is -0.131. The van der Waals surface area contributed by atoms with Crippen molar-refractivity contribution in [3.63, 3.8) is 0 Å². The van der Waals surface area contributed by atoms with Crippen molar-refractivity contribution in [3.05, 3.63) is 69.9 Å². The molecular weight excluding hydrogens is 357 g/mol. The highest BCUT2D eigenvalue weighted by molar-refractivity contribution is 9.10. The van der Waals surface area contributed by atoms with Gasteiger partial charge in [0.2, 0.25) is 5.91 Å². The summed E-state index contributed by atoms with van der Waals surface area (Å²) in [4.78, 5) is 14.5. The molecule has 0 spiro atoms. The molecule has 23 heavy (non-hydrogen) atoms. The normalized spacial score (nSPS) is 17.5. The van der Waals surface area contributed by atoms with Crippen LogP contribution in [0.3, 0.4) is 0 Å². The molecule has 2 aromatic carbocycles. The van der Waals surface area contributed by atoms with Gasteiger partial charge < -0.3 is 4.90 Å². The van der Waals surface area contributed by atoms with Crippen LogP contribution in [0, 0.1) is 5.82 Å². The molecule has 0 aliphatic carbocycles. The lowest BCUT2D eigenvalue weighted by atomic mass is 10.0. The number of rotatable bonds is 4. The second-order valence-electron chi connectivity index (χ2n) is 6.02. The Hall–Kier alpha value is -1.68. The molecule has 3 rings (SSSR count). The minimum atomic E-state index is -0.289. The molecule has 0 unspecified atom stereocenters. The van der Waals surface area contributed by atoms with Crippen LogP contribution in [0.2, 0.25) is 0 Å². The quantitative estimate of drug-likeness (QED) is 0.776. The van der Waals surface area contributed by atoms with Crippen molar-refractivity contribution in [1.82, 2.24) is 4.90 Å². The molecule has 0 N–H and O–H groups in total. The number of hydrogen-bond donors (Lipinski definition) is 0. The molecule has 0 aromatic heterocycles. The third kappa shape index (κ3) is 4.20. The van der Waals surface area contributed by atoms with Crippen molar-refractivity contribution >= 4 is 21.8 Å². The predicted molar refractivity (Wildman–Crippen MR) is 92.7 cm³/mol. The topological polar surface area (TPSA) is 20.3 Å². The maximum Gasteiger partial charge on any atom is 0.227 e. The van der Waals surface area contributed by atoms with Gasteiger partial charge in [0.1, 0.15) is 5.82 Å². The average Bonchev–Trinajstić information content (AvgIpc) is 2.98. The average molecular weight is 376 g/mol. The van der Waals surface area contributed by atoms with Crippen LogP contribution in [0.1, 0.15) is 24.0 Å². The molecule has 120 valence electrons. The number of hydrogen-bond acceptors (Lipinski definition) is 1. The van der Waals surface area contributed by atoms with Gasteiger partial charge in [-0.25, -0.2) is 4.39 Å². The summed E-state index contributed by atoms with van der Waals surface area (Å²) in [5.74, 6) is -0.196. The molecule has 1 fully saturated rings. The molecule has 2 nitrogen and oxygen atoms in total. The molecule has 0 bridgehead atoms. The smallest absolute Gasteiger partial charge is 0.227 e. The predicted octanol–water partition coefficient (Wildman–Crippen LogP) is 4.36. The first-order chi connectivity index (χ1) is 11.1. The van der Waals surface area contributed by atoms with Crippen molar-refractivity contribution in [2.45, 2.75) is 31.7 Å². The van der Waals surface area contributed by atoms with Crippen molar-refractivity contribution in [2.75, 3.05) is 6.54 Å². The second-order valence-corrected chi connectivity index (χ2v) is 6.94. The van der Waals surface area contributed by atoms with E-state index in [9.17, 15) is 9.18 Å². The van der Waals surface area contributed by atoms with Crippen LogP contribution in [0.4, 0.5) is 4.39 Å². The van der Waals surface area contributed by atoms with Gasteiger partial charge in [-0.05, 0) is 54.7 Å². The maximum absolute atomic E-state index is 13.3. The summed E-state index contributed by atoms with van der Waals surface area (Å²) in [6.07, 6.45) is 3.22. The van der Waals surface area contributed by atoms with E-state index in [0.717, 1.165) is 35.8 Å². The Bertz CT molecular complexity index is 686. The highest BCUT2D eigenvalue weighted by atomic mass is 79.9. The summed E-state index contributed by atoms with van der Waals surface area (Å²) < 4.78 is 14.3. The number of amides is 1. The van der Waals surface area contributed by atoms with Gasteiger partial charge in [0.05, 0.1) is 6.42 Å². The highest BCUT2D eigenvalue weighted by Crippen LogP contribution is 2.23. The molecule has 1 saturated heterocycles. The van der Waals surface area contributed by atoms with Crippen LogP contribution in [0.5, 0.6) is 0 Å². The van der Waals surface area contributed by atoms with Crippen molar-refractivity contribution in [3.8, 4) is 0 Å². The van der Waals surface area contributed by atoms with Gasteiger partial charge in [-0.3, -0.25) is 4.79 Å². The standard InChI is InChI=1S/C19H19BrFNO/c20-16-8-6-14(7-9-16)12-18-5-2-10-22(18)19(23)13-15-3-1-4-17(21)11-15/h1,3-4,6-9,11,18H,2,5,10,12-13H2/t18-/m0/s1. The lowest BCUT2D eigenvalue weighted by Gasteiger charge is -2.25. The van der Waals surface area contributed by atoms with Gasteiger partial charge in [0, 0.05) is 17.1 Å². The fourth-order valence-corrected chi connectivity index (χ4v) is 3.46. The molecule has 2 aromatic rings. The van der Waals surface area contributed by atoms with Crippen LogP contribution in [-0.2, 0) is 17.6 Å². The van der Waals surface area contributed by atoms with Crippen molar-refractivity contribution in [1.29, 1.82) is 0 Å². The number of likely N-dealkylation sites (tertiary alicyclic amines) is 1.